The molecular formula is C17H34N2O. The molecule has 2 unspecified atom stereocenters. The van der Waals surface area contributed by atoms with Crippen molar-refractivity contribution in [2.24, 2.45) is 17.3 Å². The van der Waals surface area contributed by atoms with E-state index in [0.29, 0.717) is 23.3 Å². The molecular weight excluding hydrogens is 248 g/mol. The van der Waals surface area contributed by atoms with Crippen molar-refractivity contribution >= 4 is 5.91 Å². The van der Waals surface area contributed by atoms with Crippen molar-refractivity contribution in [1.29, 1.82) is 0 Å². The molecule has 20 heavy (non-hydrogen) atoms. The van der Waals surface area contributed by atoms with Gasteiger partial charge < -0.3 is 10.2 Å². The number of amides is 1. The van der Waals surface area contributed by atoms with Gasteiger partial charge >= 0.3 is 0 Å². The highest BCUT2D eigenvalue weighted by molar-refractivity contribution is 5.78. The summed E-state index contributed by atoms with van der Waals surface area (Å²) in [5.41, 5.74) is 0.296. The predicted molar refractivity (Wildman–Crippen MR) is 85.7 cm³/mol. The molecule has 0 saturated carbocycles. The van der Waals surface area contributed by atoms with Crippen molar-refractivity contribution in [3.8, 4) is 0 Å². The minimum absolute atomic E-state index is 0.110. The molecule has 2 atom stereocenters. The lowest BCUT2D eigenvalue weighted by Gasteiger charge is -2.40. The minimum Gasteiger partial charge on any atom is -0.341 e. The summed E-state index contributed by atoms with van der Waals surface area (Å²) in [4.78, 5) is 14.4. The Morgan fingerprint density at radius 2 is 1.95 bits per heavy atom. The van der Waals surface area contributed by atoms with Crippen LogP contribution in [-0.2, 0) is 4.79 Å². The van der Waals surface area contributed by atoms with Gasteiger partial charge in [0.15, 0.2) is 0 Å². The molecule has 1 fully saturated rings. The van der Waals surface area contributed by atoms with Crippen LogP contribution in [0.3, 0.4) is 0 Å². The van der Waals surface area contributed by atoms with Crippen molar-refractivity contribution in [1.82, 2.24) is 10.2 Å². The standard InChI is InChI=1S/C17H34N2O/c1-7-8-14-9-15(18-12-17(4,5)6)11-19(10-14)16(20)13(2)3/h13-15,18H,7-12H2,1-6H3. The van der Waals surface area contributed by atoms with Crippen LogP contribution < -0.4 is 5.32 Å². The van der Waals surface area contributed by atoms with E-state index in [2.05, 4.69) is 37.9 Å². The van der Waals surface area contributed by atoms with Crippen LogP contribution in [0.5, 0.6) is 0 Å². The molecule has 1 aliphatic rings. The van der Waals surface area contributed by atoms with Crippen LogP contribution in [0.25, 0.3) is 0 Å². The highest BCUT2D eigenvalue weighted by atomic mass is 16.2. The van der Waals surface area contributed by atoms with Crippen molar-refractivity contribution in [3.63, 3.8) is 0 Å². The predicted octanol–water partition coefficient (Wildman–Crippen LogP) is 3.30. The molecule has 3 nitrogen and oxygen atoms in total. The van der Waals surface area contributed by atoms with Crippen molar-refractivity contribution < 1.29 is 4.79 Å². The molecule has 0 bridgehead atoms. The molecule has 0 spiro atoms. The maximum absolute atomic E-state index is 12.3. The second-order valence-corrected chi connectivity index (χ2v) is 7.93. The molecule has 0 aromatic rings. The molecule has 1 heterocycles. The average Bonchev–Trinajstić information content (AvgIpc) is 2.34. The Morgan fingerprint density at radius 1 is 1.30 bits per heavy atom. The molecule has 1 aliphatic heterocycles. The first-order valence-electron chi connectivity index (χ1n) is 8.25. The number of nitrogens with zero attached hydrogens (tertiary/aromatic N) is 1. The number of piperidine rings is 1. The summed E-state index contributed by atoms with van der Waals surface area (Å²) in [5.74, 6) is 1.08. The fourth-order valence-electron chi connectivity index (χ4n) is 2.96. The van der Waals surface area contributed by atoms with E-state index >= 15 is 0 Å². The number of hydrogen-bond acceptors (Lipinski definition) is 2. The summed E-state index contributed by atoms with van der Waals surface area (Å²) in [6, 6.07) is 0.460. The number of nitrogens with one attached hydrogen (secondary N) is 1. The third-order valence-electron chi connectivity index (χ3n) is 3.96. The summed E-state index contributed by atoms with van der Waals surface area (Å²) >= 11 is 0. The quantitative estimate of drug-likeness (QED) is 0.839. The van der Waals surface area contributed by atoms with Gasteiger partial charge in [-0.1, -0.05) is 48.0 Å². The molecule has 0 aliphatic carbocycles. The molecule has 1 saturated heterocycles. The van der Waals surface area contributed by atoms with E-state index < -0.39 is 0 Å². The fourth-order valence-corrected chi connectivity index (χ4v) is 2.96. The minimum atomic E-state index is 0.110. The van der Waals surface area contributed by atoms with Crippen molar-refractivity contribution in [2.75, 3.05) is 19.6 Å². The van der Waals surface area contributed by atoms with Crippen LogP contribution in [0.15, 0.2) is 0 Å². The van der Waals surface area contributed by atoms with Crippen LogP contribution in [0.2, 0.25) is 0 Å². The molecule has 0 aromatic heterocycles. The lowest BCUT2D eigenvalue weighted by molar-refractivity contribution is -0.137. The van der Waals surface area contributed by atoms with E-state index in [1.54, 1.807) is 0 Å². The second-order valence-electron chi connectivity index (χ2n) is 7.93. The Hall–Kier alpha value is -0.570. The van der Waals surface area contributed by atoms with Gasteiger partial charge in [0.05, 0.1) is 0 Å². The van der Waals surface area contributed by atoms with E-state index in [-0.39, 0.29) is 5.92 Å². The van der Waals surface area contributed by atoms with Gasteiger partial charge in [0.25, 0.3) is 0 Å². The number of carbonyl (C=O) groups is 1. The third kappa shape index (κ3) is 5.82. The van der Waals surface area contributed by atoms with Gasteiger partial charge in [0, 0.05) is 31.6 Å². The maximum Gasteiger partial charge on any atom is 0.225 e. The zero-order valence-electron chi connectivity index (χ0n) is 14.3. The van der Waals surface area contributed by atoms with Crippen molar-refractivity contribution in [2.45, 2.75) is 66.8 Å². The number of likely N-dealkylation sites (tertiary alicyclic amines) is 1. The van der Waals surface area contributed by atoms with Gasteiger partial charge in [-0.3, -0.25) is 4.79 Å². The molecule has 1 N–H and O–H groups in total. The lowest BCUT2D eigenvalue weighted by atomic mass is 9.89. The Labute approximate surface area is 125 Å². The SMILES string of the molecule is CCCC1CC(NCC(C)(C)C)CN(C(=O)C(C)C)C1. The topological polar surface area (TPSA) is 32.3 Å². The highest BCUT2D eigenvalue weighted by Crippen LogP contribution is 2.23. The Kier molecular flexibility index (Phi) is 6.50. The van der Waals surface area contributed by atoms with Gasteiger partial charge in [0.1, 0.15) is 0 Å². The van der Waals surface area contributed by atoms with E-state index in [1.807, 2.05) is 13.8 Å². The number of rotatable bonds is 5. The zero-order chi connectivity index (χ0) is 15.3. The monoisotopic (exact) mass is 282 g/mol. The van der Waals surface area contributed by atoms with Gasteiger partial charge in [-0.2, -0.15) is 0 Å². The first kappa shape index (κ1) is 17.5. The van der Waals surface area contributed by atoms with E-state index in [4.69, 9.17) is 0 Å². The van der Waals surface area contributed by atoms with E-state index in [0.717, 1.165) is 19.6 Å². The summed E-state index contributed by atoms with van der Waals surface area (Å²) in [6.45, 7) is 15.9. The summed E-state index contributed by atoms with van der Waals surface area (Å²) in [7, 11) is 0. The number of hydrogen-bond donors (Lipinski definition) is 1. The molecule has 1 amide bonds. The average molecular weight is 282 g/mol. The van der Waals surface area contributed by atoms with E-state index in [1.165, 1.54) is 19.3 Å². The van der Waals surface area contributed by atoms with E-state index in [9.17, 15) is 4.79 Å². The Bertz CT molecular complexity index is 307. The summed E-state index contributed by atoms with van der Waals surface area (Å²) in [5, 5.41) is 3.68. The molecule has 3 heteroatoms. The number of carbonyl (C=O) groups excluding carboxylic acids is 1. The first-order chi connectivity index (χ1) is 9.23. The molecule has 0 radical (unpaired) electrons. The second kappa shape index (κ2) is 7.44. The normalized spacial score (nSPS) is 24.2. The molecule has 0 aromatic carbocycles. The third-order valence-corrected chi connectivity index (χ3v) is 3.96. The molecule has 118 valence electrons. The maximum atomic E-state index is 12.3. The lowest BCUT2D eigenvalue weighted by Crippen LogP contribution is -2.53. The Balaban J connectivity index is 2.63. The van der Waals surface area contributed by atoms with Crippen LogP contribution in [0.4, 0.5) is 0 Å². The van der Waals surface area contributed by atoms with Crippen LogP contribution in [0, 0.1) is 17.3 Å². The van der Waals surface area contributed by atoms with Crippen LogP contribution in [-0.4, -0.2) is 36.5 Å². The van der Waals surface area contributed by atoms with Crippen LogP contribution in [0.1, 0.15) is 60.8 Å². The van der Waals surface area contributed by atoms with Gasteiger partial charge in [0.2, 0.25) is 5.91 Å². The largest absolute Gasteiger partial charge is 0.341 e. The van der Waals surface area contributed by atoms with Crippen molar-refractivity contribution in [3.05, 3.63) is 0 Å². The zero-order valence-corrected chi connectivity index (χ0v) is 14.3. The first-order valence-corrected chi connectivity index (χ1v) is 8.25. The van der Waals surface area contributed by atoms with Gasteiger partial charge in [-0.15, -0.1) is 0 Å². The summed E-state index contributed by atoms with van der Waals surface area (Å²) in [6.07, 6.45) is 3.65. The Morgan fingerprint density at radius 3 is 2.45 bits per heavy atom. The van der Waals surface area contributed by atoms with Crippen LogP contribution >= 0.6 is 0 Å². The van der Waals surface area contributed by atoms with Gasteiger partial charge in [-0.25, -0.2) is 0 Å². The highest BCUT2D eigenvalue weighted by Gasteiger charge is 2.30. The fraction of sp³-hybridized carbons (Fsp3) is 0.941. The smallest absolute Gasteiger partial charge is 0.225 e. The summed E-state index contributed by atoms with van der Waals surface area (Å²) < 4.78 is 0. The van der Waals surface area contributed by atoms with Gasteiger partial charge in [-0.05, 0) is 24.2 Å². The molecule has 1 rings (SSSR count).